The number of halogens is 3. The fraction of sp³-hybridized carbons (Fsp3) is 0.889. The van der Waals surface area contributed by atoms with Crippen LogP contribution in [-0.2, 0) is 4.79 Å². The van der Waals surface area contributed by atoms with E-state index in [0.29, 0.717) is 12.8 Å². The van der Waals surface area contributed by atoms with Crippen molar-refractivity contribution in [3.05, 3.63) is 0 Å². The second-order valence-electron chi connectivity index (χ2n) is 3.80. The summed E-state index contributed by atoms with van der Waals surface area (Å²) >= 11 is 0. The lowest BCUT2D eigenvalue weighted by Gasteiger charge is -2.21. The lowest BCUT2D eigenvalue weighted by atomic mass is 9.83. The molecule has 0 radical (unpaired) electrons. The van der Waals surface area contributed by atoms with Crippen molar-refractivity contribution in [3.63, 3.8) is 0 Å². The monoisotopic (exact) mass is 194 g/mol. The van der Waals surface area contributed by atoms with Crippen molar-refractivity contribution in [2.24, 2.45) is 5.41 Å². The highest BCUT2D eigenvalue weighted by Crippen LogP contribution is 2.42. The van der Waals surface area contributed by atoms with E-state index in [4.69, 9.17) is 0 Å². The van der Waals surface area contributed by atoms with Gasteiger partial charge in [-0.2, -0.15) is 13.2 Å². The van der Waals surface area contributed by atoms with Crippen LogP contribution in [0.5, 0.6) is 0 Å². The minimum atomic E-state index is -4.13. The third-order valence-electron chi connectivity index (χ3n) is 2.76. The first-order valence-electron chi connectivity index (χ1n) is 4.51. The van der Waals surface area contributed by atoms with Gasteiger partial charge >= 0.3 is 6.18 Å². The van der Waals surface area contributed by atoms with Crippen LogP contribution in [0.2, 0.25) is 0 Å². The molecule has 0 heterocycles. The van der Waals surface area contributed by atoms with Crippen molar-refractivity contribution >= 4 is 6.29 Å². The van der Waals surface area contributed by atoms with E-state index < -0.39 is 18.0 Å². The topological polar surface area (TPSA) is 17.1 Å². The Morgan fingerprint density at radius 3 is 2.15 bits per heavy atom. The Hall–Kier alpha value is -0.540. The number of aldehydes is 1. The molecule has 0 aromatic rings. The molecule has 0 aromatic heterocycles. The molecule has 76 valence electrons. The van der Waals surface area contributed by atoms with Gasteiger partial charge in [0.05, 0.1) is 0 Å². The van der Waals surface area contributed by atoms with Crippen LogP contribution in [0.1, 0.15) is 38.5 Å². The zero-order chi connectivity index (χ0) is 9.95. The van der Waals surface area contributed by atoms with Crippen LogP contribution >= 0.6 is 0 Å². The standard InChI is InChI=1S/C9H13F3O/c10-9(11,12)6-5-8(7-13)3-1-2-4-8/h7H,1-6H2. The molecular weight excluding hydrogens is 181 g/mol. The first-order chi connectivity index (χ1) is 5.97. The zero-order valence-corrected chi connectivity index (χ0v) is 7.36. The van der Waals surface area contributed by atoms with Gasteiger partial charge in [0.2, 0.25) is 0 Å². The third-order valence-corrected chi connectivity index (χ3v) is 2.76. The van der Waals surface area contributed by atoms with Crippen LogP contribution in [0, 0.1) is 5.41 Å². The van der Waals surface area contributed by atoms with E-state index in [9.17, 15) is 18.0 Å². The Labute approximate surface area is 75.3 Å². The fourth-order valence-electron chi connectivity index (χ4n) is 1.90. The SMILES string of the molecule is O=CC1(CCC(F)(F)F)CCCC1. The van der Waals surface area contributed by atoms with Gasteiger partial charge in [-0.25, -0.2) is 0 Å². The number of hydrogen-bond acceptors (Lipinski definition) is 1. The molecule has 0 aromatic carbocycles. The Morgan fingerprint density at radius 1 is 1.23 bits per heavy atom. The molecule has 1 nitrogen and oxygen atoms in total. The zero-order valence-electron chi connectivity index (χ0n) is 7.36. The number of carbonyl (C=O) groups excluding carboxylic acids is 1. The van der Waals surface area contributed by atoms with Crippen molar-refractivity contribution in [1.29, 1.82) is 0 Å². The number of carbonyl (C=O) groups is 1. The van der Waals surface area contributed by atoms with Crippen molar-refractivity contribution in [2.75, 3.05) is 0 Å². The summed E-state index contributed by atoms with van der Waals surface area (Å²) in [6.45, 7) is 0. The molecule has 0 spiro atoms. The molecule has 0 unspecified atom stereocenters. The van der Waals surface area contributed by atoms with Crippen LogP contribution in [-0.4, -0.2) is 12.5 Å². The van der Waals surface area contributed by atoms with Crippen LogP contribution in [0.25, 0.3) is 0 Å². The first kappa shape index (κ1) is 10.5. The van der Waals surface area contributed by atoms with Crippen LogP contribution in [0.3, 0.4) is 0 Å². The van der Waals surface area contributed by atoms with Gasteiger partial charge in [-0.15, -0.1) is 0 Å². The smallest absolute Gasteiger partial charge is 0.303 e. The molecule has 0 amide bonds. The van der Waals surface area contributed by atoms with Crippen LogP contribution in [0.15, 0.2) is 0 Å². The minimum absolute atomic E-state index is 0.0278. The normalized spacial score (nSPS) is 21.8. The second kappa shape index (κ2) is 3.68. The van der Waals surface area contributed by atoms with Gasteiger partial charge < -0.3 is 4.79 Å². The summed E-state index contributed by atoms with van der Waals surface area (Å²) in [4.78, 5) is 10.7. The molecule has 1 fully saturated rings. The van der Waals surface area contributed by atoms with E-state index in [0.717, 1.165) is 19.1 Å². The molecule has 0 atom stereocenters. The molecular formula is C9H13F3O. The van der Waals surface area contributed by atoms with Crippen molar-refractivity contribution in [1.82, 2.24) is 0 Å². The van der Waals surface area contributed by atoms with E-state index in [2.05, 4.69) is 0 Å². The van der Waals surface area contributed by atoms with Crippen molar-refractivity contribution in [3.8, 4) is 0 Å². The highest BCUT2D eigenvalue weighted by molar-refractivity contribution is 5.59. The van der Waals surface area contributed by atoms with Gasteiger partial charge in [-0.1, -0.05) is 12.8 Å². The quantitative estimate of drug-likeness (QED) is 0.631. The van der Waals surface area contributed by atoms with Crippen molar-refractivity contribution < 1.29 is 18.0 Å². The lowest BCUT2D eigenvalue weighted by molar-refractivity contribution is -0.142. The Bertz CT molecular complexity index is 180. The van der Waals surface area contributed by atoms with E-state index in [-0.39, 0.29) is 6.42 Å². The number of hydrogen-bond donors (Lipinski definition) is 0. The molecule has 4 heteroatoms. The van der Waals surface area contributed by atoms with Gasteiger partial charge in [-0.3, -0.25) is 0 Å². The average Bonchev–Trinajstić information content (AvgIpc) is 2.49. The highest BCUT2D eigenvalue weighted by Gasteiger charge is 2.38. The lowest BCUT2D eigenvalue weighted by Crippen LogP contribution is -2.21. The molecule has 0 N–H and O–H groups in total. The maximum Gasteiger partial charge on any atom is 0.389 e. The van der Waals surface area contributed by atoms with Crippen molar-refractivity contribution in [2.45, 2.75) is 44.7 Å². The Kier molecular flexibility index (Phi) is 2.98. The Balaban J connectivity index is 2.45. The van der Waals surface area contributed by atoms with E-state index in [1.165, 1.54) is 0 Å². The average molecular weight is 194 g/mol. The van der Waals surface area contributed by atoms with Gasteiger partial charge in [-0.05, 0) is 19.3 Å². The number of alkyl halides is 3. The molecule has 0 aliphatic heterocycles. The molecule has 1 saturated carbocycles. The molecule has 1 aliphatic carbocycles. The van der Waals surface area contributed by atoms with Gasteiger partial charge in [0.25, 0.3) is 0 Å². The summed E-state index contributed by atoms with van der Waals surface area (Å²) in [5.74, 6) is 0. The summed E-state index contributed by atoms with van der Waals surface area (Å²) in [5.41, 5.74) is -0.657. The first-order valence-corrected chi connectivity index (χ1v) is 4.51. The van der Waals surface area contributed by atoms with Crippen LogP contribution < -0.4 is 0 Å². The molecule has 1 rings (SSSR count). The predicted molar refractivity (Wildman–Crippen MR) is 42.3 cm³/mol. The fourth-order valence-corrected chi connectivity index (χ4v) is 1.90. The minimum Gasteiger partial charge on any atom is -0.303 e. The van der Waals surface area contributed by atoms with Crippen LogP contribution in [0.4, 0.5) is 13.2 Å². The molecule has 0 saturated heterocycles. The summed E-state index contributed by atoms with van der Waals surface area (Å²) in [6.07, 6.45) is -1.22. The Morgan fingerprint density at radius 2 is 1.77 bits per heavy atom. The molecule has 0 bridgehead atoms. The summed E-state index contributed by atoms with van der Waals surface area (Å²) in [5, 5.41) is 0. The number of rotatable bonds is 3. The predicted octanol–water partition coefficient (Wildman–Crippen LogP) is 3.09. The third kappa shape index (κ3) is 3.01. The van der Waals surface area contributed by atoms with Gasteiger partial charge in [0, 0.05) is 11.8 Å². The van der Waals surface area contributed by atoms with E-state index >= 15 is 0 Å². The van der Waals surface area contributed by atoms with E-state index in [1.54, 1.807) is 0 Å². The summed E-state index contributed by atoms with van der Waals surface area (Å²) in [7, 11) is 0. The van der Waals surface area contributed by atoms with Gasteiger partial charge in [0.15, 0.2) is 0 Å². The maximum absolute atomic E-state index is 11.9. The summed E-state index contributed by atoms with van der Waals surface area (Å²) < 4.78 is 35.7. The summed E-state index contributed by atoms with van der Waals surface area (Å²) in [6, 6.07) is 0. The maximum atomic E-state index is 11.9. The largest absolute Gasteiger partial charge is 0.389 e. The molecule has 1 aliphatic rings. The second-order valence-corrected chi connectivity index (χ2v) is 3.80. The van der Waals surface area contributed by atoms with Gasteiger partial charge in [0.1, 0.15) is 6.29 Å². The highest BCUT2D eigenvalue weighted by atomic mass is 19.4. The van der Waals surface area contributed by atoms with E-state index in [1.807, 2.05) is 0 Å². The molecule has 13 heavy (non-hydrogen) atoms.